The number of pyridine rings is 1. The van der Waals surface area contributed by atoms with Gasteiger partial charge in [0.15, 0.2) is 0 Å². The van der Waals surface area contributed by atoms with Gasteiger partial charge in [0.2, 0.25) is 5.71 Å². The summed E-state index contributed by atoms with van der Waals surface area (Å²) in [7, 11) is 0. The Kier molecular flexibility index (Phi) is 16.0. The van der Waals surface area contributed by atoms with Crippen LogP contribution >= 0.6 is 0 Å². The summed E-state index contributed by atoms with van der Waals surface area (Å²) < 4.78 is 266. The molecule has 7 aromatic heterocycles. The molecule has 0 saturated carbocycles. The Bertz CT molecular complexity index is 9950. The molecule has 0 aliphatic heterocycles. The zero-order valence-electron chi connectivity index (χ0n) is 111. The summed E-state index contributed by atoms with van der Waals surface area (Å²) in [4.78, 5) is 3.99. The molecule has 0 bridgehead atoms. The van der Waals surface area contributed by atoms with Crippen LogP contribution in [0.3, 0.4) is 0 Å². The molecule has 0 radical (unpaired) electrons. The predicted octanol–water partition coefficient (Wildman–Crippen LogP) is 38.2. The van der Waals surface area contributed by atoms with Gasteiger partial charge < -0.3 is 26.5 Å². The van der Waals surface area contributed by atoms with Crippen molar-refractivity contribution in [3.05, 3.63) is 323 Å². The topological polar surface area (TPSA) is 91.7 Å². The van der Waals surface area contributed by atoms with Gasteiger partial charge in [-0.2, -0.15) is 0 Å². The van der Waals surface area contributed by atoms with E-state index < -0.39 is 65.1 Å². The van der Waals surface area contributed by atoms with Gasteiger partial charge in [-0.1, -0.05) is 282 Å². The third-order valence-electron chi connectivity index (χ3n) is 25.9. The summed E-state index contributed by atoms with van der Waals surface area (Å²) in [6.07, 6.45) is 0. The fourth-order valence-corrected chi connectivity index (χ4v) is 20.6. The summed E-state index contributed by atoms with van der Waals surface area (Å²) in [6, 6.07) is 46.8. The Morgan fingerprint density at radius 1 is 0.231 bits per heavy atom. The van der Waals surface area contributed by atoms with Crippen molar-refractivity contribution in [2.75, 3.05) is 0 Å². The highest BCUT2D eigenvalue weighted by Gasteiger charge is 2.32. The molecule has 22 aromatic rings. The Labute approximate surface area is 832 Å². The molecule has 684 valence electrons. The first-order valence-corrected chi connectivity index (χ1v) is 45.6. The van der Waals surface area contributed by atoms with Crippen LogP contribution < -0.4 is 0 Å². The smallest absolute Gasteiger partial charge is 0.227 e. The van der Waals surface area contributed by atoms with Gasteiger partial charge in [-0.05, 0) is 301 Å². The minimum atomic E-state index is -2.65. The van der Waals surface area contributed by atoms with Crippen molar-refractivity contribution in [3.8, 4) is 0 Å². The third kappa shape index (κ3) is 16.7. The van der Waals surface area contributed by atoms with Crippen LogP contribution in [-0.4, -0.2) is 4.98 Å². The van der Waals surface area contributed by atoms with Gasteiger partial charge in [0, 0.05) is 143 Å². The Balaban J connectivity index is 0.000000131. The summed E-state index contributed by atoms with van der Waals surface area (Å²) in [5, 5.41) is 16.6. The van der Waals surface area contributed by atoms with Gasteiger partial charge >= 0.3 is 0 Å². The normalized spacial score (nSPS) is 16.4. The summed E-state index contributed by atoms with van der Waals surface area (Å²) in [5.74, 6) is 0. The zero-order valence-corrected chi connectivity index (χ0v) is 81.8. The van der Waals surface area contributed by atoms with Gasteiger partial charge in [-0.3, -0.25) is 0 Å². The summed E-state index contributed by atoms with van der Waals surface area (Å²) >= 11 is 0. The molecule has 0 spiro atoms. The number of hydrogen-bond donors (Lipinski definition) is 0. The van der Waals surface area contributed by atoms with Crippen molar-refractivity contribution >= 4 is 175 Å². The van der Waals surface area contributed by atoms with Gasteiger partial charge in [0.25, 0.3) is 0 Å². The molecule has 7 heteroatoms. The molecule has 0 N–H and O–H groups in total. The van der Waals surface area contributed by atoms with Gasteiger partial charge in [0.1, 0.15) is 61.4 Å². The lowest BCUT2D eigenvalue weighted by Gasteiger charge is -2.23. The van der Waals surface area contributed by atoms with Gasteiger partial charge in [0.05, 0.1) is 11.0 Å². The number of nitrogens with zero attached hydrogens (tertiary/aromatic N) is 1. The molecule has 0 atom stereocenters. The quantitative estimate of drug-likeness (QED) is 0.140. The molecule has 134 heavy (non-hydrogen) atoms. The number of furan rings is 6. The average Bonchev–Trinajstić information content (AvgIpc) is 1.56. The van der Waals surface area contributed by atoms with E-state index in [1.54, 1.807) is 57.2 Å². The fraction of sp³-hybridized carbons (Fsp3) is 0.315. The number of benzene rings is 15. The van der Waals surface area contributed by atoms with E-state index in [0.717, 1.165) is 137 Å². The van der Waals surface area contributed by atoms with Crippen LogP contribution in [0.1, 0.15) is 287 Å². The predicted molar refractivity (Wildman–Crippen MR) is 578 cm³/mol. The van der Waals surface area contributed by atoms with Crippen molar-refractivity contribution in [1.82, 2.24) is 4.98 Å². The van der Waals surface area contributed by atoms with E-state index in [0.29, 0.717) is 77.4 Å². The van der Waals surface area contributed by atoms with Crippen LogP contribution in [0.15, 0.2) is 227 Å². The first-order chi connectivity index (χ1) is 74.7. The SMILES string of the molecule is [2H]C([2H])([2H])c1cc(C([2H])([2H])[2H])c2oc3c(C(C)(C)C)c(C)c(C)cc3c2c1.[2H]C([2H])([2H])c1cc(C)c2c(c1)oc1c(C(C)(C)C)c(C)ccc12.[2H]C([2H])([2H])c1ccc2c(ccc3ccc4c5ccc(C)c(C(C)(C)C)c5oc4c32)c1.[2H]C([2H])([2H])c1cccc2c1ccc1ccc3c4ccc(C)c(C(C)(C)C)c4oc3c12.[2H]c1c(C([2H])([2H])[2H])nc2oc3c(C(C)(C)C)c(C)c([2H])c([2H])c3c2c1[2H].[2H]c1c(C)c(C(C)(C)C)c2oc3c([2H])c(C([2H])([2H])[2H])c([2H])c(C)c3c2c1[2H]. The maximum atomic E-state index is 8.46. The lowest BCUT2D eigenvalue weighted by atomic mass is 9.81. The van der Waals surface area contributed by atoms with E-state index in [1.807, 2.05) is 111 Å². The van der Waals surface area contributed by atoms with Gasteiger partial charge in [-0.15, -0.1) is 0 Å². The van der Waals surface area contributed by atoms with Crippen molar-refractivity contribution in [2.45, 2.75) is 267 Å². The highest BCUT2D eigenvalue weighted by Crippen LogP contribution is 2.49. The molecule has 7 heterocycles. The van der Waals surface area contributed by atoms with E-state index in [-0.39, 0.29) is 114 Å². The number of fused-ring (bicyclic) bond motifs is 26. The number of rotatable bonds is 0. The molecular weight excluding hydrogens is 1640 g/mol. The highest BCUT2D eigenvalue weighted by atomic mass is 16.4. The first kappa shape index (κ1) is 63.5. The number of aromatic nitrogens is 1. The second-order valence-corrected chi connectivity index (χ2v) is 42.5. The number of hydrogen-bond acceptors (Lipinski definition) is 7. The Morgan fingerprint density at radius 3 is 1.22 bits per heavy atom. The van der Waals surface area contributed by atoms with Crippen molar-refractivity contribution in [3.63, 3.8) is 0 Å². The maximum Gasteiger partial charge on any atom is 0.227 e. The van der Waals surface area contributed by atoms with E-state index in [4.69, 9.17) is 66.3 Å². The molecule has 0 unspecified atom stereocenters. The minimum absolute atomic E-state index is 0.0133. The Hall–Kier alpha value is -12.7. The summed E-state index contributed by atoms with van der Waals surface area (Å²) in [6.45, 7) is 38.7. The van der Waals surface area contributed by atoms with E-state index >= 15 is 0 Å². The van der Waals surface area contributed by atoms with Gasteiger partial charge in [-0.25, -0.2) is 4.98 Å². The summed E-state index contributed by atoms with van der Waals surface area (Å²) in [5.41, 5.74) is 20.1. The van der Waals surface area contributed by atoms with Crippen molar-refractivity contribution in [1.29, 1.82) is 0 Å². The number of aryl methyl sites for hydroxylation is 12. The van der Waals surface area contributed by atoms with Crippen molar-refractivity contribution in [2.24, 2.45) is 0 Å². The molecule has 0 aliphatic rings. The van der Waals surface area contributed by atoms with E-state index in [1.165, 1.54) is 39.4 Å². The fourth-order valence-electron chi connectivity index (χ4n) is 20.6. The molecule has 0 fully saturated rings. The minimum Gasteiger partial charge on any atom is -0.456 e. The van der Waals surface area contributed by atoms with Crippen LogP contribution in [0.25, 0.3) is 175 Å². The van der Waals surface area contributed by atoms with E-state index in [2.05, 4.69) is 170 Å². The molecule has 0 amide bonds. The second kappa shape index (κ2) is 33.7. The lowest BCUT2D eigenvalue weighted by molar-refractivity contribution is 0.566. The van der Waals surface area contributed by atoms with Crippen LogP contribution in [0.2, 0.25) is 0 Å². The molecule has 0 saturated heterocycles. The first-order valence-electron chi connectivity index (χ1n) is 60.1. The third-order valence-corrected chi connectivity index (χ3v) is 25.9. The van der Waals surface area contributed by atoms with E-state index in [9.17, 15) is 0 Å². The van der Waals surface area contributed by atoms with Crippen molar-refractivity contribution < 1.29 is 66.3 Å². The standard InChI is InChI=1S/2C26H24O.C20H24O.2C19H22O.C17H19NO/c1-15-6-11-19-18(14-15)9-8-17-10-13-20-21-12-7-16(2)23(26(3,4)5)25(21)27-24(20)22(17)19;1-15-7-6-8-19-18(15)13-10-17-11-14-20-21-12-9-16(2)23(26(3,4)5)25(21)27-24(20)22(17)19;1-11-8-13(3)18-15(9-11)16-10-12(2)14(4)17(19(16)21-18)20(5,6)7;2*1-11-9-13(3)16-14-8-7-12(2)17(19(4,5)6)18(14)20-15(16)10-11;1-10-6-8-12-13-9-7-11(2)18-16(13)19-15(12)14(10)17(3,4)5/h2*6-14H,1-5H3;8-10H,1-7H3;2*7-10H,1-6H3;6-9H,1-5H3/i2*1D3;1D3,3D3;1D3,7D,8D,9D,10D;1D3;2D3,6D,7D,8D,9D. The Morgan fingerprint density at radius 2 is 0.664 bits per heavy atom. The van der Waals surface area contributed by atoms with Crippen LogP contribution in [0.4, 0.5) is 0 Å². The zero-order chi connectivity index (χ0) is 121. The molecule has 22 rings (SSSR count). The van der Waals surface area contributed by atoms with Crippen LogP contribution in [0.5, 0.6) is 0 Å². The molecule has 15 aromatic carbocycles. The second-order valence-electron chi connectivity index (χ2n) is 42.5. The molecular formula is C127H135NO6. The van der Waals surface area contributed by atoms with Crippen LogP contribution in [-0.2, 0) is 32.5 Å². The van der Waals surface area contributed by atoms with Crippen LogP contribution in [0, 0.1) is 110 Å². The average molecular weight is 1800 g/mol. The highest BCUT2D eigenvalue weighted by molar-refractivity contribution is 6.25. The monoisotopic (exact) mass is 1800 g/mol. The molecule has 7 nitrogen and oxygen atoms in total. The maximum absolute atomic E-state index is 8.46. The largest absolute Gasteiger partial charge is 0.456 e. The lowest BCUT2D eigenvalue weighted by Crippen LogP contribution is -2.14. The molecule has 0 aliphatic carbocycles.